The summed E-state index contributed by atoms with van der Waals surface area (Å²) in [5, 5.41) is 0. The molecule has 144 valence electrons. The van der Waals surface area contributed by atoms with E-state index in [9.17, 15) is 9.59 Å². The Bertz CT molecular complexity index is 653. The summed E-state index contributed by atoms with van der Waals surface area (Å²) >= 11 is 0. The third kappa shape index (κ3) is 2.47. The molecule has 4 aliphatic carbocycles. The molecule has 4 heteroatoms. The normalized spacial score (nSPS) is 47.3. The lowest BCUT2D eigenvalue weighted by Crippen LogP contribution is -2.54. The molecule has 0 aromatic rings. The van der Waals surface area contributed by atoms with Gasteiger partial charge in [0.1, 0.15) is 6.10 Å². The van der Waals surface area contributed by atoms with E-state index < -0.39 is 6.16 Å². The van der Waals surface area contributed by atoms with E-state index in [4.69, 9.17) is 9.47 Å². The minimum Gasteiger partial charge on any atom is -0.438 e. The predicted octanol–water partition coefficient (Wildman–Crippen LogP) is 4.92. The van der Waals surface area contributed by atoms with Crippen LogP contribution in [0.15, 0.2) is 11.6 Å². The molecule has 3 unspecified atom stereocenters. The van der Waals surface area contributed by atoms with Crippen LogP contribution >= 0.6 is 0 Å². The fourth-order valence-corrected chi connectivity index (χ4v) is 7.21. The predicted molar refractivity (Wildman–Crippen MR) is 98.5 cm³/mol. The average Bonchev–Trinajstić information content (AvgIpc) is 2.93. The Hall–Kier alpha value is -1.32. The van der Waals surface area contributed by atoms with Gasteiger partial charge in [0.05, 0.1) is 7.11 Å². The van der Waals surface area contributed by atoms with Crippen LogP contribution in [-0.2, 0) is 14.3 Å². The Morgan fingerprint density at radius 2 is 1.92 bits per heavy atom. The van der Waals surface area contributed by atoms with Crippen molar-refractivity contribution in [3.63, 3.8) is 0 Å². The van der Waals surface area contributed by atoms with Gasteiger partial charge in [-0.1, -0.05) is 26.3 Å². The summed E-state index contributed by atoms with van der Waals surface area (Å²) in [5.74, 6) is 2.82. The summed E-state index contributed by atoms with van der Waals surface area (Å²) in [5.41, 5.74) is 1.66. The molecule has 4 rings (SSSR count). The highest BCUT2D eigenvalue weighted by molar-refractivity contribution is 5.91. The van der Waals surface area contributed by atoms with Gasteiger partial charge in [0.25, 0.3) is 0 Å². The Labute approximate surface area is 156 Å². The van der Waals surface area contributed by atoms with Crippen molar-refractivity contribution in [2.24, 2.45) is 34.5 Å². The number of ketones is 1. The first-order valence-corrected chi connectivity index (χ1v) is 10.3. The maximum absolute atomic E-state index is 12.0. The first-order chi connectivity index (χ1) is 12.3. The highest BCUT2D eigenvalue weighted by atomic mass is 16.7. The molecule has 0 bridgehead atoms. The van der Waals surface area contributed by atoms with Crippen molar-refractivity contribution >= 4 is 11.9 Å². The van der Waals surface area contributed by atoms with E-state index in [0.29, 0.717) is 35.9 Å². The Kier molecular flexibility index (Phi) is 4.24. The van der Waals surface area contributed by atoms with Gasteiger partial charge in [0.2, 0.25) is 0 Å². The SMILES string of the molecule is COC(=O)O[C@H]1CCC2C3C(CC[C@@]21C)[C@@]1(C)CCC(=O)C=C1C[C@@H]3C. The fourth-order valence-electron chi connectivity index (χ4n) is 7.21. The summed E-state index contributed by atoms with van der Waals surface area (Å²) in [7, 11) is 1.39. The first-order valence-electron chi connectivity index (χ1n) is 10.3. The van der Waals surface area contributed by atoms with E-state index >= 15 is 0 Å². The second-order valence-corrected chi connectivity index (χ2v) is 9.71. The maximum atomic E-state index is 12.0. The van der Waals surface area contributed by atoms with Gasteiger partial charge in [-0.15, -0.1) is 0 Å². The third-order valence-corrected chi connectivity index (χ3v) is 8.63. The largest absolute Gasteiger partial charge is 0.508 e. The molecule has 0 spiro atoms. The first kappa shape index (κ1) is 18.1. The van der Waals surface area contributed by atoms with Gasteiger partial charge in [-0.2, -0.15) is 0 Å². The molecule has 4 nitrogen and oxygen atoms in total. The monoisotopic (exact) mass is 360 g/mol. The van der Waals surface area contributed by atoms with Crippen LogP contribution in [0, 0.1) is 34.5 Å². The molecular formula is C22H32O4. The van der Waals surface area contributed by atoms with Gasteiger partial charge in [-0.3, -0.25) is 4.79 Å². The van der Waals surface area contributed by atoms with E-state index in [1.165, 1.54) is 19.1 Å². The van der Waals surface area contributed by atoms with E-state index in [0.717, 1.165) is 32.1 Å². The van der Waals surface area contributed by atoms with Crippen LogP contribution in [0.3, 0.4) is 0 Å². The quantitative estimate of drug-likeness (QED) is 0.623. The zero-order valence-corrected chi connectivity index (χ0v) is 16.5. The van der Waals surface area contributed by atoms with E-state index in [-0.39, 0.29) is 16.9 Å². The molecule has 4 aliphatic rings. The number of hydrogen-bond acceptors (Lipinski definition) is 4. The smallest absolute Gasteiger partial charge is 0.438 e. The summed E-state index contributed by atoms with van der Waals surface area (Å²) in [6.07, 6.45) is 8.53. The molecule has 0 heterocycles. The van der Waals surface area contributed by atoms with Crippen molar-refractivity contribution in [3.05, 3.63) is 11.6 Å². The van der Waals surface area contributed by atoms with Crippen molar-refractivity contribution in [1.29, 1.82) is 0 Å². The van der Waals surface area contributed by atoms with Crippen LogP contribution in [0.5, 0.6) is 0 Å². The lowest BCUT2D eigenvalue weighted by molar-refractivity contribution is -0.120. The van der Waals surface area contributed by atoms with Crippen LogP contribution in [0.4, 0.5) is 4.79 Å². The fraction of sp³-hybridized carbons (Fsp3) is 0.818. The van der Waals surface area contributed by atoms with Crippen LogP contribution in [0.2, 0.25) is 0 Å². The van der Waals surface area contributed by atoms with Crippen LogP contribution < -0.4 is 0 Å². The van der Waals surface area contributed by atoms with Gasteiger partial charge >= 0.3 is 6.16 Å². The van der Waals surface area contributed by atoms with E-state index in [1.807, 2.05) is 6.08 Å². The number of methoxy groups -OCH3 is 1. The van der Waals surface area contributed by atoms with Crippen LogP contribution in [0.1, 0.15) is 65.7 Å². The van der Waals surface area contributed by atoms with Crippen molar-refractivity contribution in [2.75, 3.05) is 7.11 Å². The topological polar surface area (TPSA) is 52.6 Å². The second-order valence-electron chi connectivity index (χ2n) is 9.71. The highest BCUT2D eigenvalue weighted by Gasteiger charge is 2.61. The van der Waals surface area contributed by atoms with Gasteiger partial charge in [-0.05, 0) is 73.7 Å². The molecule has 0 aromatic heterocycles. The van der Waals surface area contributed by atoms with Gasteiger partial charge in [0, 0.05) is 11.8 Å². The number of hydrogen-bond donors (Lipinski definition) is 0. The lowest BCUT2D eigenvalue weighted by Gasteiger charge is -2.59. The lowest BCUT2D eigenvalue weighted by atomic mass is 9.45. The maximum Gasteiger partial charge on any atom is 0.508 e. The van der Waals surface area contributed by atoms with Crippen molar-refractivity contribution in [2.45, 2.75) is 71.8 Å². The molecule has 0 amide bonds. The molecule has 0 aliphatic heterocycles. The van der Waals surface area contributed by atoms with Crippen molar-refractivity contribution in [3.8, 4) is 0 Å². The molecule has 0 aromatic carbocycles. The molecule has 0 saturated heterocycles. The molecule has 7 atom stereocenters. The van der Waals surface area contributed by atoms with E-state index in [2.05, 4.69) is 20.8 Å². The second kappa shape index (κ2) is 6.10. The number of allylic oxidation sites excluding steroid dienone is 1. The number of carbonyl (C=O) groups excluding carboxylic acids is 2. The summed E-state index contributed by atoms with van der Waals surface area (Å²) in [4.78, 5) is 23.7. The Morgan fingerprint density at radius 1 is 1.15 bits per heavy atom. The third-order valence-electron chi connectivity index (χ3n) is 8.63. The molecule has 26 heavy (non-hydrogen) atoms. The number of fused-ring (bicyclic) bond motifs is 5. The average molecular weight is 360 g/mol. The Morgan fingerprint density at radius 3 is 2.65 bits per heavy atom. The van der Waals surface area contributed by atoms with Crippen molar-refractivity contribution < 1.29 is 19.1 Å². The summed E-state index contributed by atoms with van der Waals surface area (Å²) in [6, 6.07) is 0. The van der Waals surface area contributed by atoms with Crippen LogP contribution in [-0.4, -0.2) is 25.2 Å². The van der Waals surface area contributed by atoms with Crippen LogP contribution in [0.25, 0.3) is 0 Å². The molecular weight excluding hydrogens is 328 g/mol. The molecule has 0 N–H and O–H groups in total. The molecule has 3 fully saturated rings. The zero-order chi connectivity index (χ0) is 18.7. The standard InChI is InChI=1S/C22H32O4/c1-13-11-14-12-15(23)7-9-21(14,2)17-8-10-22(3)16(19(13)17)5-6-18(22)26-20(24)25-4/h12-13,16-19H,5-11H2,1-4H3/t13-,16?,17?,18-,19?,21-,22-/m0/s1. The Balaban J connectivity index is 1.64. The number of ether oxygens (including phenoxy) is 2. The number of carbonyl (C=O) groups is 2. The molecule has 0 radical (unpaired) electrons. The zero-order valence-electron chi connectivity index (χ0n) is 16.5. The summed E-state index contributed by atoms with van der Waals surface area (Å²) < 4.78 is 10.4. The minimum absolute atomic E-state index is 0.0224. The van der Waals surface area contributed by atoms with Gasteiger partial charge in [-0.25, -0.2) is 4.79 Å². The van der Waals surface area contributed by atoms with E-state index in [1.54, 1.807) is 0 Å². The van der Waals surface area contributed by atoms with Crippen molar-refractivity contribution in [1.82, 2.24) is 0 Å². The number of rotatable bonds is 1. The van der Waals surface area contributed by atoms with Gasteiger partial charge < -0.3 is 9.47 Å². The minimum atomic E-state index is -0.543. The summed E-state index contributed by atoms with van der Waals surface area (Å²) in [6.45, 7) is 7.12. The molecule has 3 saturated carbocycles. The highest BCUT2D eigenvalue weighted by Crippen LogP contribution is 2.66. The van der Waals surface area contributed by atoms with Gasteiger partial charge in [0.15, 0.2) is 5.78 Å².